The van der Waals surface area contributed by atoms with Gasteiger partial charge in [-0.2, -0.15) is 0 Å². The third-order valence-electron chi connectivity index (χ3n) is 5.98. The zero-order valence-electron chi connectivity index (χ0n) is 19.4. The van der Waals surface area contributed by atoms with Crippen LogP contribution in [0.5, 0.6) is 5.75 Å². The van der Waals surface area contributed by atoms with Crippen molar-refractivity contribution in [2.75, 3.05) is 47.8 Å². The summed E-state index contributed by atoms with van der Waals surface area (Å²) < 4.78 is 46.8. The number of anilines is 3. The van der Waals surface area contributed by atoms with Crippen molar-refractivity contribution in [3.05, 3.63) is 77.6 Å². The third kappa shape index (κ3) is 5.32. The Morgan fingerprint density at radius 2 is 1.63 bits per heavy atom. The topological polar surface area (TPSA) is 99.2 Å². The van der Waals surface area contributed by atoms with Gasteiger partial charge in [-0.3, -0.25) is 4.72 Å². The van der Waals surface area contributed by atoms with E-state index in [4.69, 9.17) is 4.74 Å². The van der Waals surface area contributed by atoms with Crippen LogP contribution >= 0.6 is 0 Å². The lowest BCUT2D eigenvalue weighted by atomic mass is 10.1. The number of sulfonamides is 1. The van der Waals surface area contributed by atoms with Crippen LogP contribution in [0.1, 0.15) is 15.9 Å². The Bertz CT molecular complexity index is 1340. The van der Waals surface area contributed by atoms with Crippen molar-refractivity contribution in [3.63, 3.8) is 0 Å². The standard InChI is InChI=1S/C25H26FN3O5S/c1-17-3-4-18(26)15-24(17)35(32,33)27-19-5-10-23(22(16-19)25(30)31)29-13-11-28(12-14-29)20-6-8-21(34-2)9-7-20/h3-10,15-16,27H,11-14H2,1-2H3,(H,30,31). The molecular formula is C25H26FN3O5S. The number of ether oxygens (including phenoxy) is 1. The molecule has 0 amide bonds. The SMILES string of the molecule is COc1ccc(N2CCN(c3ccc(NS(=O)(=O)c4cc(F)ccc4C)cc3C(=O)O)CC2)cc1. The molecule has 0 radical (unpaired) electrons. The molecule has 1 saturated heterocycles. The average Bonchev–Trinajstić information content (AvgIpc) is 2.85. The molecule has 184 valence electrons. The number of carboxylic acids is 1. The number of methoxy groups -OCH3 is 1. The Hall–Kier alpha value is -3.79. The van der Waals surface area contributed by atoms with Gasteiger partial charge in [-0.15, -0.1) is 0 Å². The zero-order valence-corrected chi connectivity index (χ0v) is 20.2. The van der Waals surface area contributed by atoms with Gasteiger partial charge in [0.15, 0.2) is 0 Å². The van der Waals surface area contributed by atoms with Crippen LogP contribution in [0.4, 0.5) is 21.5 Å². The number of aryl methyl sites for hydroxylation is 1. The van der Waals surface area contributed by atoms with E-state index in [1.165, 1.54) is 24.3 Å². The number of carboxylic acid groups (broad SMARTS) is 1. The highest BCUT2D eigenvalue weighted by Gasteiger charge is 2.24. The first-order chi connectivity index (χ1) is 16.7. The molecule has 0 bridgehead atoms. The molecular weight excluding hydrogens is 473 g/mol. The minimum Gasteiger partial charge on any atom is -0.497 e. The van der Waals surface area contributed by atoms with Gasteiger partial charge in [0.1, 0.15) is 11.6 Å². The van der Waals surface area contributed by atoms with E-state index in [0.717, 1.165) is 17.5 Å². The summed E-state index contributed by atoms with van der Waals surface area (Å²) >= 11 is 0. The monoisotopic (exact) mass is 499 g/mol. The molecule has 1 aliphatic rings. The second kappa shape index (κ2) is 9.83. The van der Waals surface area contributed by atoms with E-state index in [-0.39, 0.29) is 16.1 Å². The summed E-state index contributed by atoms with van der Waals surface area (Å²) in [7, 11) is -2.48. The van der Waals surface area contributed by atoms with Crippen LogP contribution in [0.2, 0.25) is 0 Å². The van der Waals surface area contributed by atoms with E-state index in [9.17, 15) is 22.7 Å². The van der Waals surface area contributed by atoms with Crippen LogP contribution in [0.3, 0.4) is 0 Å². The number of hydrogen-bond donors (Lipinski definition) is 2. The summed E-state index contributed by atoms with van der Waals surface area (Å²) in [4.78, 5) is 16.0. The number of rotatable bonds is 7. The number of carbonyl (C=O) groups is 1. The summed E-state index contributed by atoms with van der Waals surface area (Å²) in [6, 6.07) is 15.7. The molecule has 35 heavy (non-hydrogen) atoms. The van der Waals surface area contributed by atoms with Gasteiger partial charge in [0.05, 0.1) is 23.3 Å². The Balaban J connectivity index is 1.52. The zero-order chi connectivity index (χ0) is 25.2. The molecule has 0 unspecified atom stereocenters. The summed E-state index contributed by atoms with van der Waals surface area (Å²) in [5.74, 6) is -1.06. The van der Waals surface area contributed by atoms with Crippen molar-refractivity contribution in [2.45, 2.75) is 11.8 Å². The first-order valence-electron chi connectivity index (χ1n) is 11.0. The van der Waals surface area contributed by atoms with Gasteiger partial charge in [-0.25, -0.2) is 17.6 Å². The van der Waals surface area contributed by atoms with Crippen LogP contribution in [0.25, 0.3) is 0 Å². The predicted molar refractivity (Wildman–Crippen MR) is 133 cm³/mol. The normalized spacial score (nSPS) is 14.0. The molecule has 0 saturated carbocycles. The van der Waals surface area contributed by atoms with Gasteiger partial charge in [0, 0.05) is 37.6 Å². The van der Waals surface area contributed by atoms with Crippen LogP contribution < -0.4 is 19.3 Å². The minimum absolute atomic E-state index is 0.0148. The van der Waals surface area contributed by atoms with Gasteiger partial charge in [-0.05, 0) is 67.1 Å². The largest absolute Gasteiger partial charge is 0.497 e. The first-order valence-corrected chi connectivity index (χ1v) is 12.5. The Labute approximate surface area is 203 Å². The van der Waals surface area contributed by atoms with Crippen molar-refractivity contribution >= 4 is 33.1 Å². The van der Waals surface area contributed by atoms with Crippen LogP contribution in [-0.2, 0) is 10.0 Å². The van der Waals surface area contributed by atoms with Gasteiger partial charge < -0.3 is 19.6 Å². The number of nitrogens with zero attached hydrogens (tertiary/aromatic N) is 2. The summed E-state index contributed by atoms with van der Waals surface area (Å²) in [6.07, 6.45) is 0. The minimum atomic E-state index is -4.10. The van der Waals surface area contributed by atoms with Gasteiger partial charge >= 0.3 is 5.97 Å². The lowest BCUT2D eigenvalue weighted by molar-refractivity contribution is 0.0697. The molecule has 1 heterocycles. The molecule has 4 rings (SSSR count). The molecule has 0 atom stereocenters. The third-order valence-corrected chi connectivity index (χ3v) is 7.50. The second-order valence-corrected chi connectivity index (χ2v) is 9.88. The quantitative estimate of drug-likeness (QED) is 0.508. The molecule has 8 nitrogen and oxygen atoms in total. The number of benzene rings is 3. The number of piperazine rings is 1. The highest BCUT2D eigenvalue weighted by atomic mass is 32.2. The number of aromatic carboxylic acids is 1. The first kappa shape index (κ1) is 24.3. The van der Waals surface area contributed by atoms with Crippen molar-refractivity contribution in [2.24, 2.45) is 0 Å². The molecule has 0 aliphatic carbocycles. The maximum absolute atomic E-state index is 13.6. The fourth-order valence-corrected chi connectivity index (χ4v) is 5.43. The maximum atomic E-state index is 13.6. The molecule has 1 aliphatic heterocycles. The second-order valence-electron chi connectivity index (χ2n) is 8.22. The Kier molecular flexibility index (Phi) is 6.83. The molecule has 3 aromatic rings. The number of hydrogen-bond acceptors (Lipinski definition) is 6. The van der Waals surface area contributed by atoms with Crippen molar-refractivity contribution in [3.8, 4) is 5.75 Å². The van der Waals surface area contributed by atoms with Crippen LogP contribution in [0.15, 0.2) is 65.6 Å². The summed E-state index contributed by atoms with van der Waals surface area (Å²) in [5, 5.41) is 9.82. The van der Waals surface area contributed by atoms with Gasteiger partial charge in [0.25, 0.3) is 10.0 Å². The fourth-order valence-electron chi connectivity index (χ4n) is 4.12. The molecule has 0 aromatic heterocycles. The van der Waals surface area contributed by atoms with Gasteiger partial charge in [-0.1, -0.05) is 6.07 Å². The molecule has 2 N–H and O–H groups in total. The van der Waals surface area contributed by atoms with Crippen LogP contribution in [-0.4, -0.2) is 52.8 Å². The highest BCUT2D eigenvalue weighted by Crippen LogP contribution is 2.29. The Morgan fingerprint density at radius 3 is 2.26 bits per heavy atom. The molecule has 0 spiro atoms. The summed E-state index contributed by atoms with van der Waals surface area (Å²) in [6.45, 7) is 4.14. The van der Waals surface area contributed by atoms with E-state index in [1.807, 2.05) is 29.2 Å². The van der Waals surface area contributed by atoms with E-state index >= 15 is 0 Å². The van der Waals surface area contributed by atoms with Crippen LogP contribution in [0, 0.1) is 12.7 Å². The fraction of sp³-hybridized carbons (Fsp3) is 0.240. The van der Waals surface area contributed by atoms with Crippen molar-refractivity contribution in [1.29, 1.82) is 0 Å². The summed E-state index contributed by atoms with van der Waals surface area (Å²) in [5.41, 5.74) is 2.02. The van der Waals surface area contributed by atoms with E-state index in [1.54, 1.807) is 20.1 Å². The number of halogens is 1. The van der Waals surface area contributed by atoms with Crippen molar-refractivity contribution < 1.29 is 27.4 Å². The Morgan fingerprint density at radius 1 is 0.971 bits per heavy atom. The van der Waals surface area contributed by atoms with Gasteiger partial charge in [0.2, 0.25) is 0 Å². The molecule has 3 aromatic carbocycles. The highest BCUT2D eigenvalue weighted by molar-refractivity contribution is 7.92. The average molecular weight is 500 g/mol. The lowest BCUT2D eigenvalue weighted by Crippen LogP contribution is -2.47. The van der Waals surface area contributed by atoms with E-state index in [0.29, 0.717) is 37.4 Å². The van der Waals surface area contributed by atoms with Crippen molar-refractivity contribution in [1.82, 2.24) is 0 Å². The number of nitrogens with one attached hydrogen (secondary N) is 1. The van der Waals surface area contributed by atoms with E-state index < -0.39 is 21.8 Å². The molecule has 10 heteroatoms. The predicted octanol–water partition coefficient (Wildman–Crippen LogP) is 3.97. The van der Waals surface area contributed by atoms with E-state index in [2.05, 4.69) is 9.62 Å². The lowest BCUT2D eigenvalue weighted by Gasteiger charge is -2.38. The maximum Gasteiger partial charge on any atom is 0.337 e. The smallest absolute Gasteiger partial charge is 0.337 e. The molecule has 1 fully saturated rings.